The summed E-state index contributed by atoms with van der Waals surface area (Å²) in [5.74, 6) is 0.295. The van der Waals surface area contributed by atoms with E-state index in [9.17, 15) is 0 Å². The molecule has 2 aromatic carbocycles. The Bertz CT molecular complexity index is 867. The average Bonchev–Trinajstić information content (AvgIpc) is 2.89. The molecule has 7 heteroatoms. The molecule has 1 unspecified atom stereocenters. The molecule has 1 saturated heterocycles. The molecule has 0 bridgehead atoms. The summed E-state index contributed by atoms with van der Waals surface area (Å²) in [5, 5.41) is 12.6. The molecular formula is C21H25ClN4OS. The van der Waals surface area contributed by atoms with E-state index in [4.69, 9.17) is 22.5 Å². The fourth-order valence-electron chi connectivity index (χ4n) is 4.03. The zero-order valence-electron chi connectivity index (χ0n) is 15.7. The van der Waals surface area contributed by atoms with Gasteiger partial charge in [0.05, 0.1) is 0 Å². The highest BCUT2D eigenvalue weighted by atomic mass is 35.5. The first kappa shape index (κ1) is 19.6. The standard InChI is InChI=1S/C21H25ClN4OS/c22-16-5-6-20-17(14-16)18(13-15-3-1-2-4-19(15)28-20)26-11-9-25(10-12-26)8-7-21(23)24-27/h1-6,14,18,27H,7-13H2,(H2,23,24). The van der Waals surface area contributed by atoms with Gasteiger partial charge >= 0.3 is 0 Å². The van der Waals surface area contributed by atoms with Crippen LogP contribution in [0.3, 0.4) is 0 Å². The van der Waals surface area contributed by atoms with Crippen molar-refractivity contribution in [2.24, 2.45) is 10.9 Å². The van der Waals surface area contributed by atoms with Crippen LogP contribution in [0.2, 0.25) is 5.02 Å². The number of nitrogens with zero attached hydrogens (tertiary/aromatic N) is 3. The SMILES string of the molecule is N/C(CCN1CCN(C2Cc3ccccc3Sc3ccc(Cl)cc32)CC1)=N\O. The molecule has 2 aliphatic rings. The number of piperazine rings is 1. The lowest BCUT2D eigenvalue weighted by molar-refractivity contribution is 0.0959. The van der Waals surface area contributed by atoms with Gasteiger partial charge in [-0.15, -0.1) is 0 Å². The number of halogens is 1. The molecule has 1 atom stereocenters. The van der Waals surface area contributed by atoms with Gasteiger partial charge in [-0.05, 0) is 41.8 Å². The van der Waals surface area contributed by atoms with Gasteiger partial charge in [0, 0.05) is 60.0 Å². The summed E-state index contributed by atoms with van der Waals surface area (Å²) >= 11 is 8.22. The van der Waals surface area contributed by atoms with Gasteiger partial charge in [-0.3, -0.25) is 4.90 Å². The Morgan fingerprint density at radius 2 is 1.93 bits per heavy atom. The fraction of sp³-hybridized carbons (Fsp3) is 0.381. The molecule has 4 rings (SSSR count). The summed E-state index contributed by atoms with van der Waals surface area (Å²) in [7, 11) is 0. The van der Waals surface area contributed by atoms with Crippen LogP contribution in [0, 0.1) is 0 Å². The highest BCUT2D eigenvalue weighted by molar-refractivity contribution is 7.99. The molecule has 0 radical (unpaired) electrons. The minimum Gasteiger partial charge on any atom is -0.409 e. The van der Waals surface area contributed by atoms with Crippen molar-refractivity contribution in [1.82, 2.24) is 9.80 Å². The third-order valence-electron chi connectivity index (χ3n) is 5.60. The van der Waals surface area contributed by atoms with Gasteiger partial charge in [0.2, 0.25) is 0 Å². The largest absolute Gasteiger partial charge is 0.409 e. The normalized spacial score (nSPS) is 21.0. The highest BCUT2D eigenvalue weighted by Crippen LogP contribution is 2.43. The maximum atomic E-state index is 8.72. The Morgan fingerprint density at radius 1 is 1.14 bits per heavy atom. The zero-order valence-corrected chi connectivity index (χ0v) is 17.3. The Balaban J connectivity index is 1.53. The number of benzene rings is 2. The molecule has 2 aliphatic heterocycles. The van der Waals surface area contributed by atoms with Crippen LogP contribution in [0.1, 0.15) is 23.6 Å². The molecule has 148 valence electrons. The van der Waals surface area contributed by atoms with Crippen molar-refractivity contribution in [1.29, 1.82) is 0 Å². The first-order valence-electron chi connectivity index (χ1n) is 9.62. The third kappa shape index (κ3) is 4.30. The van der Waals surface area contributed by atoms with Crippen LogP contribution in [-0.4, -0.2) is 53.6 Å². The van der Waals surface area contributed by atoms with Crippen LogP contribution in [0.15, 0.2) is 57.4 Å². The van der Waals surface area contributed by atoms with Crippen LogP contribution < -0.4 is 5.73 Å². The van der Waals surface area contributed by atoms with Crippen molar-refractivity contribution in [3.63, 3.8) is 0 Å². The van der Waals surface area contributed by atoms with E-state index in [0.29, 0.717) is 18.3 Å². The summed E-state index contributed by atoms with van der Waals surface area (Å²) in [5.41, 5.74) is 8.35. The van der Waals surface area contributed by atoms with E-state index in [1.54, 1.807) is 0 Å². The molecule has 0 saturated carbocycles. The maximum Gasteiger partial charge on any atom is 0.140 e. The van der Waals surface area contributed by atoms with Crippen LogP contribution in [0.25, 0.3) is 0 Å². The number of nitrogens with two attached hydrogens (primary N) is 1. The van der Waals surface area contributed by atoms with Crippen LogP contribution in [-0.2, 0) is 6.42 Å². The van der Waals surface area contributed by atoms with E-state index < -0.39 is 0 Å². The molecule has 3 N–H and O–H groups in total. The van der Waals surface area contributed by atoms with Crippen LogP contribution >= 0.6 is 23.4 Å². The minimum atomic E-state index is 0.295. The lowest BCUT2D eigenvalue weighted by Crippen LogP contribution is -2.48. The van der Waals surface area contributed by atoms with E-state index in [2.05, 4.69) is 51.4 Å². The molecule has 0 aliphatic carbocycles. The molecular weight excluding hydrogens is 392 g/mol. The van der Waals surface area contributed by atoms with E-state index in [-0.39, 0.29) is 0 Å². The van der Waals surface area contributed by atoms with Crippen LogP contribution in [0.4, 0.5) is 0 Å². The lowest BCUT2D eigenvalue weighted by atomic mass is 9.96. The summed E-state index contributed by atoms with van der Waals surface area (Å²) in [6, 6.07) is 15.3. The second-order valence-electron chi connectivity index (χ2n) is 7.33. The number of amidine groups is 1. The minimum absolute atomic E-state index is 0.295. The quantitative estimate of drug-likeness (QED) is 0.343. The van der Waals surface area contributed by atoms with Crippen molar-refractivity contribution in [3.8, 4) is 0 Å². The van der Waals surface area contributed by atoms with Gasteiger partial charge in [0.25, 0.3) is 0 Å². The Labute approximate surface area is 175 Å². The van der Waals surface area contributed by atoms with Crippen molar-refractivity contribution < 1.29 is 5.21 Å². The fourth-order valence-corrected chi connectivity index (χ4v) is 5.32. The highest BCUT2D eigenvalue weighted by Gasteiger charge is 2.30. The predicted molar refractivity (Wildman–Crippen MR) is 115 cm³/mol. The maximum absolute atomic E-state index is 8.72. The van der Waals surface area contributed by atoms with Crippen molar-refractivity contribution in [2.75, 3.05) is 32.7 Å². The molecule has 1 fully saturated rings. The number of rotatable bonds is 4. The van der Waals surface area contributed by atoms with E-state index >= 15 is 0 Å². The van der Waals surface area contributed by atoms with E-state index in [1.807, 2.05) is 17.8 Å². The predicted octanol–water partition coefficient (Wildman–Crippen LogP) is 3.84. The third-order valence-corrected chi connectivity index (χ3v) is 7.04. The van der Waals surface area contributed by atoms with Gasteiger partial charge in [-0.1, -0.05) is 46.7 Å². The molecule has 2 aromatic rings. The summed E-state index contributed by atoms with van der Waals surface area (Å²) in [6.45, 7) is 4.80. The molecule has 0 amide bonds. The number of fused-ring (bicyclic) bond motifs is 2. The van der Waals surface area contributed by atoms with Gasteiger partial charge in [-0.25, -0.2) is 0 Å². The Morgan fingerprint density at radius 3 is 2.71 bits per heavy atom. The molecule has 2 heterocycles. The van der Waals surface area contributed by atoms with Gasteiger partial charge in [0.15, 0.2) is 0 Å². The smallest absolute Gasteiger partial charge is 0.140 e. The number of oxime groups is 1. The van der Waals surface area contributed by atoms with Gasteiger partial charge in [0.1, 0.15) is 5.84 Å². The van der Waals surface area contributed by atoms with E-state index in [0.717, 1.165) is 44.2 Å². The van der Waals surface area contributed by atoms with Crippen molar-refractivity contribution in [2.45, 2.75) is 28.7 Å². The van der Waals surface area contributed by atoms with Crippen molar-refractivity contribution >= 4 is 29.2 Å². The van der Waals surface area contributed by atoms with Gasteiger partial charge < -0.3 is 15.8 Å². The summed E-state index contributed by atoms with van der Waals surface area (Å²) in [4.78, 5) is 7.60. The van der Waals surface area contributed by atoms with Crippen molar-refractivity contribution in [3.05, 3.63) is 58.6 Å². The zero-order chi connectivity index (χ0) is 19.5. The topological polar surface area (TPSA) is 65.1 Å². The number of hydrogen-bond donors (Lipinski definition) is 2. The molecule has 0 aromatic heterocycles. The molecule has 5 nitrogen and oxygen atoms in total. The summed E-state index contributed by atoms with van der Waals surface area (Å²) < 4.78 is 0. The number of hydrogen-bond acceptors (Lipinski definition) is 5. The average molecular weight is 417 g/mol. The first-order valence-corrected chi connectivity index (χ1v) is 10.8. The van der Waals surface area contributed by atoms with Crippen LogP contribution in [0.5, 0.6) is 0 Å². The lowest BCUT2D eigenvalue weighted by Gasteiger charge is -2.39. The Kier molecular flexibility index (Phi) is 6.11. The Hall–Kier alpha value is -1.73. The summed E-state index contributed by atoms with van der Waals surface area (Å²) in [6.07, 6.45) is 1.60. The monoisotopic (exact) mass is 416 g/mol. The second-order valence-corrected chi connectivity index (χ2v) is 8.85. The molecule has 0 spiro atoms. The molecule has 28 heavy (non-hydrogen) atoms. The van der Waals surface area contributed by atoms with E-state index in [1.165, 1.54) is 20.9 Å². The van der Waals surface area contributed by atoms with Gasteiger partial charge in [-0.2, -0.15) is 0 Å². The second kappa shape index (κ2) is 8.74. The first-order chi connectivity index (χ1) is 13.6.